The zero-order chi connectivity index (χ0) is 21.3. The summed E-state index contributed by atoms with van der Waals surface area (Å²) in [6, 6.07) is 12.9. The molecular formula is C28H34O2. The summed E-state index contributed by atoms with van der Waals surface area (Å²) in [6.45, 7) is 9.86. The van der Waals surface area contributed by atoms with Crippen molar-refractivity contribution in [3.05, 3.63) is 71.8 Å². The van der Waals surface area contributed by atoms with E-state index in [9.17, 15) is 0 Å². The molecule has 3 rings (SSSR count). The van der Waals surface area contributed by atoms with Crippen molar-refractivity contribution in [2.45, 2.75) is 53.4 Å². The van der Waals surface area contributed by atoms with Crippen LogP contribution in [0.4, 0.5) is 0 Å². The number of hydrogen-bond donors (Lipinski definition) is 0. The third-order valence-electron chi connectivity index (χ3n) is 5.48. The van der Waals surface area contributed by atoms with E-state index in [0.29, 0.717) is 13.2 Å². The first kappa shape index (κ1) is 22.0. The number of allylic oxidation sites excluding steroid dienone is 4. The van der Waals surface area contributed by atoms with Crippen LogP contribution in [0.25, 0.3) is 21.5 Å². The molecule has 0 saturated heterocycles. The first-order valence-corrected chi connectivity index (χ1v) is 11.1. The number of aryl methyl sites for hydroxylation is 2. The van der Waals surface area contributed by atoms with Crippen molar-refractivity contribution in [2.75, 3.05) is 13.2 Å². The quantitative estimate of drug-likeness (QED) is 0.194. The summed E-state index contributed by atoms with van der Waals surface area (Å²) in [5.74, 6) is 1.98. The van der Waals surface area contributed by atoms with Crippen molar-refractivity contribution in [3.8, 4) is 11.5 Å². The Hall–Kier alpha value is -2.74. The van der Waals surface area contributed by atoms with Crippen LogP contribution in [-0.2, 0) is 0 Å². The Balaban J connectivity index is 2.09. The summed E-state index contributed by atoms with van der Waals surface area (Å²) in [4.78, 5) is 0. The van der Waals surface area contributed by atoms with Gasteiger partial charge in [-0.15, -0.1) is 0 Å². The number of fused-ring (bicyclic) bond motifs is 2. The molecular weight excluding hydrogens is 368 g/mol. The Morgan fingerprint density at radius 1 is 0.667 bits per heavy atom. The standard InChI is InChI=1S/C28H34O2/c1-5-7-9-11-19-29-27-23-17-13-16-22(4)26(23)28(30-20-12-10-8-6-2)24-18-14-15-21(3)25(24)27/h5-8,13-18H,9-12,19-20H2,1-4H3/b7-5+,8-6+. The van der Waals surface area contributed by atoms with Crippen LogP contribution >= 0.6 is 0 Å². The highest BCUT2D eigenvalue weighted by Gasteiger charge is 2.18. The zero-order valence-electron chi connectivity index (χ0n) is 18.8. The van der Waals surface area contributed by atoms with Gasteiger partial charge in [0.2, 0.25) is 0 Å². The predicted molar refractivity (Wildman–Crippen MR) is 130 cm³/mol. The average molecular weight is 403 g/mol. The normalized spacial score (nSPS) is 11.9. The van der Waals surface area contributed by atoms with Crippen LogP contribution in [0.1, 0.15) is 50.7 Å². The maximum atomic E-state index is 6.43. The molecule has 0 N–H and O–H groups in total. The summed E-state index contributed by atoms with van der Waals surface area (Å²) in [5.41, 5.74) is 2.44. The van der Waals surface area contributed by atoms with Gasteiger partial charge in [0.15, 0.2) is 0 Å². The van der Waals surface area contributed by atoms with E-state index in [-0.39, 0.29) is 0 Å². The van der Waals surface area contributed by atoms with Gasteiger partial charge in [-0.3, -0.25) is 0 Å². The first-order valence-electron chi connectivity index (χ1n) is 11.1. The lowest BCUT2D eigenvalue weighted by molar-refractivity contribution is 0.314. The molecule has 0 aliphatic rings. The minimum absolute atomic E-state index is 0.709. The fourth-order valence-electron chi connectivity index (χ4n) is 3.97. The Labute approximate surface area is 181 Å². The number of rotatable bonds is 10. The maximum absolute atomic E-state index is 6.43. The van der Waals surface area contributed by atoms with E-state index in [1.165, 1.54) is 21.9 Å². The van der Waals surface area contributed by atoms with Gasteiger partial charge in [0, 0.05) is 21.5 Å². The van der Waals surface area contributed by atoms with Crippen molar-refractivity contribution >= 4 is 21.5 Å². The lowest BCUT2D eigenvalue weighted by atomic mass is 9.95. The number of unbranched alkanes of at least 4 members (excludes halogenated alkanes) is 2. The molecule has 0 aromatic heterocycles. The van der Waals surface area contributed by atoms with Crippen molar-refractivity contribution in [1.82, 2.24) is 0 Å². The third-order valence-corrected chi connectivity index (χ3v) is 5.48. The van der Waals surface area contributed by atoms with Gasteiger partial charge in [0.25, 0.3) is 0 Å². The fourth-order valence-corrected chi connectivity index (χ4v) is 3.97. The molecule has 3 aromatic rings. The van der Waals surface area contributed by atoms with Crippen LogP contribution in [0.15, 0.2) is 60.7 Å². The molecule has 0 bridgehead atoms. The lowest BCUT2D eigenvalue weighted by Crippen LogP contribution is -2.03. The second kappa shape index (κ2) is 10.9. The molecule has 0 radical (unpaired) electrons. The number of ether oxygens (including phenoxy) is 2. The van der Waals surface area contributed by atoms with E-state index in [0.717, 1.165) is 48.0 Å². The van der Waals surface area contributed by atoms with Crippen molar-refractivity contribution in [3.63, 3.8) is 0 Å². The Bertz CT molecular complexity index is 958. The van der Waals surface area contributed by atoms with E-state index in [2.05, 4.69) is 88.4 Å². The average Bonchev–Trinajstić information content (AvgIpc) is 2.74. The van der Waals surface area contributed by atoms with Crippen LogP contribution in [-0.4, -0.2) is 13.2 Å². The summed E-state index contributed by atoms with van der Waals surface area (Å²) in [7, 11) is 0. The first-order chi connectivity index (χ1) is 14.7. The van der Waals surface area contributed by atoms with E-state index in [1.54, 1.807) is 0 Å². The SMILES string of the molecule is C/C=C/CCCOc1c2cccc(C)c2c(OCCC/C=C/C)c2cccc(C)c12. The molecule has 2 nitrogen and oxygen atoms in total. The molecule has 0 amide bonds. The zero-order valence-corrected chi connectivity index (χ0v) is 18.8. The van der Waals surface area contributed by atoms with Crippen LogP contribution in [0.5, 0.6) is 11.5 Å². The molecule has 0 unspecified atom stereocenters. The molecule has 0 aliphatic carbocycles. The molecule has 0 saturated carbocycles. The van der Waals surface area contributed by atoms with Crippen LogP contribution < -0.4 is 9.47 Å². The summed E-state index contributed by atoms with van der Waals surface area (Å²) >= 11 is 0. The highest BCUT2D eigenvalue weighted by atomic mass is 16.5. The Kier molecular flexibility index (Phi) is 7.96. The van der Waals surface area contributed by atoms with Crippen molar-refractivity contribution in [1.29, 1.82) is 0 Å². The maximum Gasteiger partial charge on any atom is 0.135 e. The molecule has 0 spiro atoms. The summed E-state index contributed by atoms with van der Waals surface area (Å²) in [6.07, 6.45) is 12.7. The fraction of sp³-hybridized carbons (Fsp3) is 0.357. The predicted octanol–water partition coefficient (Wildman–Crippen LogP) is 8.08. The minimum Gasteiger partial charge on any atom is -0.492 e. The Morgan fingerprint density at radius 3 is 1.50 bits per heavy atom. The second-order valence-electron chi connectivity index (χ2n) is 7.77. The molecule has 0 aliphatic heterocycles. The van der Waals surface area contributed by atoms with E-state index >= 15 is 0 Å². The largest absolute Gasteiger partial charge is 0.492 e. The van der Waals surface area contributed by atoms with E-state index in [4.69, 9.17) is 9.47 Å². The van der Waals surface area contributed by atoms with E-state index < -0.39 is 0 Å². The summed E-state index contributed by atoms with van der Waals surface area (Å²) in [5, 5.41) is 4.63. The van der Waals surface area contributed by atoms with Gasteiger partial charge in [0.05, 0.1) is 13.2 Å². The van der Waals surface area contributed by atoms with Gasteiger partial charge in [0.1, 0.15) is 11.5 Å². The molecule has 2 heteroatoms. The Morgan fingerprint density at radius 2 is 1.10 bits per heavy atom. The monoisotopic (exact) mass is 402 g/mol. The lowest BCUT2D eigenvalue weighted by Gasteiger charge is -2.20. The van der Waals surface area contributed by atoms with Crippen LogP contribution in [0, 0.1) is 13.8 Å². The number of benzene rings is 3. The van der Waals surface area contributed by atoms with E-state index in [1.807, 2.05) is 0 Å². The van der Waals surface area contributed by atoms with Crippen molar-refractivity contribution in [2.24, 2.45) is 0 Å². The van der Waals surface area contributed by atoms with Crippen molar-refractivity contribution < 1.29 is 9.47 Å². The minimum atomic E-state index is 0.709. The molecule has 0 fully saturated rings. The second-order valence-corrected chi connectivity index (χ2v) is 7.77. The smallest absolute Gasteiger partial charge is 0.135 e. The van der Waals surface area contributed by atoms with Crippen LogP contribution in [0.3, 0.4) is 0 Å². The molecule has 158 valence electrons. The molecule has 30 heavy (non-hydrogen) atoms. The molecule has 0 heterocycles. The van der Waals surface area contributed by atoms with Gasteiger partial charge in [-0.25, -0.2) is 0 Å². The third kappa shape index (κ3) is 4.87. The van der Waals surface area contributed by atoms with Gasteiger partial charge in [-0.2, -0.15) is 0 Å². The molecule has 3 aromatic carbocycles. The topological polar surface area (TPSA) is 18.5 Å². The van der Waals surface area contributed by atoms with Gasteiger partial charge >= 0.3 is 0 Å². The van der Waals surface area contributed by atoms with Gasteiger partial charge in [-0.1, -0.05) is 60.7 Å². The highest BCUT2D eigenvalue weighted by molar-refractivity contribution is 6.13. The highest BCUT2D eigenvalue weighted by Crippen LogP contribution is 2.45. The molecule has 0 atom stereocenters. The van der Waals surface area contributed by atoms with Gasteiger partial charge in [-0.05, 0) is 64.5 Å². The number of hydrogen-bond acceptors (Lipinski definition) is 2. The van der Waals surface area contributed by atoms with Crippen LogP contribution in [0.2, 0.25) is 0 Å². The summed E-state index contributed by atoms with van der Waals surface area (Å²) < 4.78 is 12.9. The van der Waals surface area contributed by atoms with Gasteiger partial charge < -0.3 is 9.47 Å².